The summed E-state index contributed by atoms with van der Waals surface area (Å²) in [6.07, 6.45) is 6.79. The lowest BCUT2D eigenvalue weighted by atomic mass is 9.80. The molecule has 1 aliphatic carbocycles. The lowest BCUT2D eigenvalue weighted by molar-refractivity contribution is -0.136. The molecule has 2 fully saturated rings. The number of nitrogens with zero attached hydrogens (tertiary/aromatic N) is 1. The molecular weight excluding hydrogens is 226 g/mol. The van der Waals surface area contributed by atoms with Crippen LogP contribution in [0.4, 0.5) is 0 Å². The molecule has 0 aromatic rings. The Morgan fingerprint density at radius 3 is 2.50 bits per heavy atom. The SMILES string of the molecule is CCC1CCC(C(=O)N2CCC(C)(CO)C2)CC1. The first-order valence-corrected chi connectivity index (χ1v) is 7.47. The molecule has 1 saturated carbocycles. The summed E-state index contributed by atoms with van der Waals surface area (Å²) in [7, 11) is 0. The molecule has 1 atom stereocenters. The maximum atomic E-state index is 12.4. The lowest BCUT2D eigenvalue weighted by Crippen LogP contribution is -2.38. The van der Waals surface area contributed by atoms with E-state index >= 15 is 0 Å². The molecular formula is C15H27NO2. The number of rotatable bonds is 3. The third kappa shape index (κ3) is 2.87. The van der Waals surface area contributed by atoms with Gasteiger partial charge in [-0.3, -0.25) is 4.79 Å². The van der Waals surface area contributed by atoms with Crippen molar-refractivity contribution < 1.29 is 9.90 Å². The van der Waals surface area contributed by atoms with Gasteiger partial charge in [0, 0.05) is 24.4 Å². The largest absolute Gasteiger partial charge is 0.396 e. The number of aliphatic hydroxyl groups is 1. The van der Waals surface area contributed by atoms with E-state index in [1.54, 1.807) is 0 Å². The van der Waals surface area contributed by atoms with Gasteiger partial charge in [0.15, 0.2) is 0 Å². The monoisotopic (exact) mass is 253 g/mol. The molecule has 3 nitrogen and oxygen atoms in total. The normalized spacial score (nSPS) is 36.9. The van der Waals surface area contributed by atoms with Crippen LogP contribution in [0.25, 0.3) is 0 Å². The average Bonchev–Trinajstić information content (AvgIpc) is 2.81. The van der Waals surface area contributed by atoms with Crippen LogP contribution in [-0.2, 0) is 4.79 Å². The summed E-state index contributed by atoms with van der Waals surface area (Å²) < 4.78 is 0. The first kappa shape index (κ1) is 13.9. The van der Waals surface area contributed by atoms with E-state index in [9.17, 15) is 9.90 Å². The van der Waals surface area contributed by atoms with Crippen molar-refractivity contribution in [2.24, 2.45) is 17.3 Å². The molecule has 0 bridgehead atoms. The number of aliphatic hydroxyl groups excluding tert-OH is 1. The third-order valence-electron chi connectivity index (χ3n) is 5.02. The Morgan fingerprint density at radius 2 is 2.00 bits per heavy atom. The average molecular weight is 253 g/mol. The van der Waals surface area contributed by atoms with Gasteiger partial charge in [-0.2, -0.15) is 0 Å². The molecule has 0 aromatic heterocycles. The fourth-order valence-electron chi connectivity index (χ4n) is 3.42. The fourth-order valence-corrected chi connectivity index (χ4v) is 3.42. The van der Waals surface area contributed by atoms with Crippen molar-refractivity contribution in [2.45, 2.75) is 52.4 Å². The Labute approximate surface area is 111 Å². The Hall–Kier alpha value is -0.570. The van der Waals surface area contributed by atoms with Crippen LogP contribution in [0.5, 0.6) is 0 Å². The van der Waals surface area contributed by atoms with Crippen molar-refractivity contribution in [3.63, 3.8) is 0 Å². The minimum atomic E-state index is -0.0592. The molecule has 0 radical (unpaired) electrons. The van der Waals surface area contributed by atoms with Crippen molar-refractivity contribution in [3.05, 3.63) is 0 Å². The standard InChI is InChI=1S/C15H27NO2/c1-3-12-4-6-13(7-5-12)14(18)16-9-8-15(2,10-16)11-17/h12-13,17H,3-11H2,1-2H3. The van der Waals surface area contributed by atoms with Crippen molar-refractivity contribution >= 4 is 5.91 Å². The minimum absolute atomic E-state index is 0.0592. The first-order chi connectivity index (χ1) is 8.58. The summed E-state index contributed by atoms with van der Waals surface area (Å²) in [5, 5.41) is 9.36. The lowest BCUT2D eigenvalue weighted by Gasteiger charge is -2.30. The molecule has 1 unspecified atom stereocenters. The van der Waals surface area contributed by atoms with Gasteiger partial charge in [0.1, 0.15) is 0 Å². The quantitative estimate of drug-likeness (QED) is 0.839. The van der Waals surface area contributed by atoms with Gasteiger partial charge >= 0.3 is 0 Å². The Morgan fingerprint density at radius 1 is 1.33 bits per heavy atom. The highest BCUT2D eigenvalue weighted by molar-refractivity contribution is 5.79. The van der Waals surface area contributed by atoms with Crippen LogP contribution in [0.1, 0.15) is 52.4 Å². The topological polar surface area (TPSA) is 40.5 Å². The van der Waals surface area contributed by atoms with E-state index in [1.165, 1.54) is 19.3 Å². The predicted octanol–water partition coefficient (Wildman–Crippen LogP) is 2.43. The van der Waals surface area contributed by atoms with E-state index < -0.39 is 0 Å². The van der Waals surface area contributed by atoms with Gasteiger partial charge in [0.2, 0.25) is 5.91 Å². The van der Waals surface area contributed by atoms with Crippen molar-refractivity contribution in [1.82, 2.24) is 4.90 Å². The highest BCUT2D eigenvalue weighted by Crippen LogP contribution is 2.35. The number of hydrogen-bond donors (Lipinski definition) is 1. The zero-order valence-corrected chi connectivity index (χ0v) is 11.8. The molecule has 1 N–H and O–H groups in total. The van der Waals surface area contributed by atoms with Gasteiger partial charge in [-0.25, -0.2) is 0 Å². The molecule has 1 amide bonds. The summed E-state index contributed by atoms with van der Waals surface area (Å²) in [4.78, 5) is 14.4. The second kappa shape index (κ2) is 5.60. The zero-order chi connectivity index (χ0) is 13.2. The maximum absolute atomic E-state index is 12.4. The van der Waals surface area contributed by atoms with Gasteiger partial charge in [-0.15, -0.1) is 0 Å². The van der Waals surface area contributed by atoms with E-state index in [-0.39, 0.29) is 17.9 Å². The third-order valence-corrected chi connectivity index (χ3v) is 5.02. The van der Waals surface area contributed by atoms with Crippen LogP contribution in [0.3, 0.4) is 0 Å². The summed E-state index contributed by atoms with van der Waals surface area (Å²) in [5.74, 6) is 1.45. The molecule has 18 heavy (non-hydrogen) atoms. The van der Waals surface area contributed by atoms with E-state index in [2.05, 4.69) is 13.8 Å². The van der Waals surface area contributed by atoms with Crippen LogP contribution in [0, 0.1) is 17.3 Å². The van der Waals surface area contributed by atoms with Gasteiger partial charge in [0.05, 0.1) is 6.61 Å². The highest BCUT2D eigenvalue weighted by Gasteiger charge is 2.38. The molecule has 104 valence electrons. The molecule has 2 aliphatic rings. The molecule has 3 heteroatoms. The second-order valence-corrected chi connectivity index (χ2v) is 6.60. The Bertz CT molecular complexity index is 297. The smallest absolute Gasteiger partial charge is 0.225 e. The summed E-state index contributed by atoms with van der Waals surface area (Å²) in [6, 6.07) is 0. The Balaban J connectivity index is 1.86. The number of carbonyl (C=O) groups is 1. The maximum Gasteiger partial charge on any atom is 0.225 e. The Kier molecular flexibility index (Phi) is 4.31. The van der Waals surface area contributed by atoms with Crippen molar-refractivity contribution in [3.8, 4) is 0 Å². The summed E-state index contributed by atoms with van der Waals surface area (Å²) >= 11 is 0. The number of likely N-dealkylation sites (tertiary alicyclic amines) is 1. The van der Waals surface area contributed by atoms with Crippen LogP contribution in [-0.4, -0.2) is 35.6 Å². The van der Waals surface area contributed by atoms with E-state index in [4.69, 9.17) is 0 Å². The number of hydrogen-bond acceptors (Lipinski definition) is 2. The second-order valence-electron chi connectivity index (χ2n) is 6.60. The summed E-state index contributed by atoms with van der Waals surface area (Å²) in [6.45, 7) is 6.10. The van der Waals surface area contributed by atoms with Gasteiger partial charge in [0.25, 0.3) is 0 Å². The number of amides is 1. The van der Waals surface area contributed by atoms with Crippen LogP contribution >= 0.6 is 0 Å². The molecule has 1 heterocycles. The minimum Gasteiger partial charge on any atom is -0.396 e. The van der Waals surface area contributed by atoms with Crippen LogP contribution < -0.4 is 0 Å². The zero-order valence-electron chi connectivity index (χ0n) is 11.8. The van der Waals surface area contributed by atoms with E-state index in [0.717, 1.165) is 38.3 Å². The predicted molar refractivity (Wildman–Crippen MR) is 72.1 cm³/mol. The molecule has 0 spiro atoms. The molecule has 0 aromatic carbocycles. The molecule has 2 rings (SSSR count). The van der Waals surface area contributed by atoms with Gasteiger partial charge in [-0.05, 0) is 38.0 Å². The number of carbonyl (C=O) groups excluding carboxylic acids is 1. The molecule has 1 aliphatic heterocycles. The van der Waals surface area contributed by atoms with E-state index in [0.29, 0.717) is 5.91 Å². The van der Waals surface area contributed by atoms with Gasteiger partial charge < -0.3 is 10.0 Å². The molecule has 1 saturated heterocycles. The van der Waals surface area contributed by atoms with Crippen LogP contribution in [0.15, 0.2) is 0 Å². The summed E-state index contributed by atoms with van der Waals surface area (Å²) in [5.41, 5.74) is -0.0592. The fraction of sp³-hybridized carbons (Fsp3) is 0.933. The van der Waals surface area contributed by atoms with Crippen molar-refractivity contribution in [2.75, 3.05) is 19.7 Å². The highest BCUT2D eigenvalue weighted by atomic mass is 16.3. The van der Waals surface area contributed by atoms with Crippen LogP contribution in [0.2, 0.25) is 0 Å². The van der Waals surface area contributed by atoms with Crippen molar-refractivity contribution in [1.29, 1.82) is 0 Å². The first-order valence-electron chi connectivity index (χ1n) is 7.47. The van der Waals surface area contributed by atoms with E-state index in [1.807, 2.05) is 4.90 Å². The van der Waals surface area contributed by atoms with Gasteiger partial charge in [-0.1, -0.05) is 20.3 Å².